The number of rotatable bonds is 11. The number of carbonyl (C=O) groups is 2. The minimum atomic E-state index is -0.716. The lowest BCUT2D eigenvalue weighted by molar-refractivity contribution is -0.138. The largest absolute Gasteiger partial charge is 0.343 e. The fraction of sp³-hybridized carbons (Fsp3) is 0.429. The van der Waals surface area contributed by atoms with Gasteiger partial charge in [-0.3, -0.25) is 14.5 Å². The maximum absolute atomic E-state index is 15.0. The average molecular weight is 620 g/mol. The van der Waals surface area contributed by atoms with Crippen molar-refractivity contribution in [3.8, 4) is 0 Å². The number of benzene rings is 3. The Labute approximate surface area is 265 Å². The molecule has 234 valence electrons. The maximum Gasteiger partial charge on any atom is 0.245 e. The maximum atomic E-state index is 15.0. The summed E-state index contributed by atoms with van der Waals surface area (Å²) in [6, 6.07) is 21.3. The number of piperazine rings is 1. The van der Waals surface area contributed by atoms with Crippen LogP contribution in [0.1, 0.15) is 42.1 Å². The standard InChI is InChI=1S/C35H43ClFN5O2/c1-3-40(4-2)24-33(29-11-7-8-12-30(29)37)41-17-19-42(20-18-41)35(44)32(21-25-13-15-28(36)16-14-25)39-34(43)31-22-26-9-5-6-10-27(26)23-38-31/h5-16,31-33,38H,3-4,17-24H2,1-2H3,(H,39,43). The average Bonchev–Trinajstić information content (AvgIpc) is 3.06. The lowest BCUT2D eigenvalue weighted by Crippen LogP contribution is -2.58. The Morgan fingerprint density at radius 3 is 2.30 bits per heavy atom. The van der Waals surface area contributed by atoms with Gasteiger partial charge in [-0.15, -0.1) is 0 Å². The van der Waals surface area contributed by atoms with E-state index in [-0.39, 0.29) is 23.7 Å². The van der Waals surface area contributed by atoms with Crippen LogP contribution in [0, 0.1) is 5.82 Å². The Hall–Kier alpha value is -3.30. The quantitative estimate of drug-likeness (QED) is 0.332. The fourth-order valence-corrected chi connectivity index (χ4v) is 6.45. The van der Waals surface area contributed by atoms with Crippen LogP contribution in [0.25, 0.3) is 0 Å². The number of nitrogens with zero attached hydrogens (tertiary/aromatic N) is 3. The predicted octanol–water partition coefficient (Wildman–Crippen LogP) is 4.45. The van der Waals surface area contributed by atoms with Gasteiger partial charge in [0.05, 0.1) is 12.1 Å². The van der Waals surface area contributed by atoms with E-state index in [0.29, 0.717) is 62.7 Å². The zero-order chi connectivity index (χ0) is 31.1. The summed E-state index contributed by atoms with van der Waals surface area (Å²) in [5.74, 6) is -0.479. The number of hydrogen-bond acceptors (Lipinski definition) is 5. The molecule has 0 aromatic heterocycles. The third-order valence-electron chi connectivity index (χ3n) is 9.02. The zero-order valence-electron chi connectivity index (χ0n) is 25.6. The van der Waals surface area contributed by atoms with Crippen LogP contribution in [0.15, 0.2) is 72.8 Å². The van der Waals surface area contributed by atoms with Gasteiger partial charge in [0, 0.05) is 56.3 Å². The number of halogens is 2. The first-order valence-corrected chi connectivity index (χ1v) is 16.1. The molecule has 7 nitrogen and oxygen atoms in total. The minimum Gasteiger partial charge on any atom is -0.343 e. The summed E-state index contributed by atoms with van der Waals surface area (Å²) in [5, 5.41) is 7.05. The van der Waals surface area contributed by atoms with Crippen LogP contribution in [-0.2, 0) is 29.0 Å². The summed E-state index contributed by atoms with van der Waals surface area (Å²) in [6.45, 7) is 9.58. The van der Waals surface area contributed by atoms with Gasteiger partial charge < -0.3 is 20.4 Å². The summed E-state index contributed by atoms with van der Waals surface area (Å²) < 4.78 is 15.0. The molecule has 0 saturated carbocycles. The minimum absolute atomic E-state index is 0.102. The first-order valence-electron chi connectivity index (χ1n) is 15.7. The van der Waals surface area contributed by atoms with Gasteiger partial charge in [0.15, 0.2) is 0 Å². The summed E-state index contributed by atoms with van der Waals surface area (Å²) >= 11 is 6.12. The highest BCUT2D eigenvalue weighted by Gasteiger charge is 2.34. The summed E-state index contributed by atoms with van der Waals surface area (Å²) in [5.41, 5.74) is 3.95. The third-order valence-corrected chi connectivity index (χ3v) is 9.27. The molecule has 9 heteroatoms. The molecular formula is C35H43ClFN5O2. The van der Waals surface area contributed by atoms with Crippen molar-refractivity contribution in [1.82, 2.24) is 25.3 Å². The van der Waals surface area contributed by atoms with Crippen molar-refractivity contribution in [1.29, 1.82) is 0 Å². The Kier molecular flexibility index (Phi) is 11.0. The van der Waals surface area contributed by atoms with Gasteiger partial charge in [-0.2, -0.15) is 0 Å². The molecule has 0 aliphatic carbocycles. The number of fused-ring (bicyclic) bond motifs is 1. The van der Waals surface area contributed by atoms with Crippen LogP contribution in [0.4, 0.5) is 4.39 Å². The molecule has 3 unspecified atom stereocenters. The van der Waals surface area contributed by atoms with Crippen molar-refractivity contribution < 1.29 is 14.0 Å². The van der Waals surface area contributed by atoms with Crippen molar-refractivity contribution in [3.63, 3.8) is 0 Å². The SMILES string of the molecule is CCN(CC)CC(c1ccccc1F)N1CCN(C(=O)C(Cc2ccc(Cl)cc2)NC(=O)C2Cc3ccccc3CN2)CC1. The molecule has 2 amide bonds. The van der Waals surface area contributed by atoms with E-state index in [0.717, 1.165) is 24.2 Å². The molecule has 2 heterocycles. The van der Waals surface area contributed by atoms with Crippen LogP contribution < -0.4 is 10.6 Å². The normalized spacial score (nSPS) is 18.5. The van der Waals surface area contributed by atoms with Crippen molar-refractivity contribution in [3.05, 3.63) is 106 Å². The molecule has 3 aromatic carbocycles. The van der Waals surface area contributed by atoms with Gasteiger partial charge in [-0.25, -0.2) is 4.39 Å². The van der Waals surface area contributed by atoms with Gasteiger partial charge in [0.2, 0.25) is 11.8 Å². The molecule has 1 saturated heterocycles. The van der Waals surface area contributed by atoms with Gasteiger partial charge in [-0.05, 0) is 54.4 Å². The molecule has 0 spiro atoms. The van der Waals surface area contributed by atoms with Gasteiger partial charge in [0.25, 0.3) is 0 Å². The van der Waals surface area contributed by atoms with E-state index >= 15 is 0 Å². The molecule has 1 fully saturated rings. The van der Waals surface area contributed by atoms with E-state index in [1.54, 1.807) is 18.2 Å². The van der Waals surface area contributed by atoms with Crippen molar-refractivity contribution >= 4 is 23.4 Å². The Balaban J connectivity index is 1.29. The van der Waals surface area contributed by atoms with E-state index in [9.17, 15) is 14.0 Å². The Morgan fingerprint density at radius 1 is 0.955 bits per heavy atom. The molecule has 44 heavy (non-hydrogen) atoms. The topological polar surface area (TPSA) is 67.9 Å². The van der Waals surface area contributed by atoms with Gasteiger partial charge in [0.1, 0.15) is 11.9 Å². The van der Waals surface area contributed by atoms with Crippen molar-refractivity contribution in [2.45, 2.75) is 51.4 Å². The molecule has 0 radical (unpaired) electrons. The molecule has 0 bridgehead atoms. The monoisotopic (exact) mass is 619 g/mol. The van der Waals surface area contributed by atoms with Crippen LogP contribution >= 0.6 is 11.6 Å². The number of hydrogen-bond donors (Lipinski definition) is 2. The molecule has 3 aromatic rings. The van der Waals surface area contributed by atoms with E-state index in [4.69, 9.17) is 11.6 Å². The van der Waals surface area contributed by atoms with Gasteiger partial charge in [-0.1, -0.05) is 80.0 Å². The Morgan fingerprint density at radius 2 is 1.61 bits per heavy atom. The fourth-order valence-electron chi connectivity index (χ4n) is 6.32. The molecule has 2 aliphatic rings. The number of amides is 2. The molecule has 3 atom stereocenters. The highest BCUT2D eigenvalue weighted by Crippen LogP contribution is 2.26. The van der Waals surface area contributed by atoms with Crippen molar-refractivity contribution in [2.75, 3.05) is 45.8 Å². The zero-order valence-corrected chi connectivity index (χ0v) is 26.4. The Bertz CT molecular complexity index is 1410. The van der Waals surface area contributed by atoms with Crippen molar-refractivity contribution in [2.24, 2.45) is 0 Å². The summed E-state index contributed by atoms with van der Waals surface area (Å²) in [6.07, 6.45) is 0.942. The van der Waals surface area contributed by atoms with Crippen LogP contribution in [-0.4, -0.2) is 84.4 Å². The van der Waals surface area contributed by atoms with E-state index < -0.39 is 12.1 Å². The van der Waals surface area contributed by atoms with E-state index in [1.807, 2.05) is 41.3 Å². The number of carbonyl (C=O) groups excluding carboxylic acids is 2. The summed E-state index contributed by atoms with van der Waals surface area (Å²) in [4.78, 5) is 34.0. The van der Waals surface area contributed by atoms with E-state index in [2.05, 4.69) is 46.4 Å². The molecule has 5 rings (SSSR count). The second-order valence-electron chi connectivity index (χ2n) is 11.7. The predicted molar refractivity (Wildman–Crippen MR) is 173 cm³/mol. The lowest BCUT2D eigenvalue weighted by Gasteiger charge is -2.42. The third kappa shape index (κ3) is 7.85. The second-order valence-corrected chi connectivity index (χ2v) is 12.1. The second kappa shape index (κ2) is 15.1. The molecule has 2 N–H and O–H groups in total. The smallest absolute Gasteiger partial charge is 0.245 e. The molecular weight excluding hydrogens is 577 g/mol. The highest BCUT2D eigenvalue weighted by molar-refractivity contribution is 6.30. The van der Waals surface area contributed by atoms with Crippen LogP contribution in [0.5, 0.6) is 0 Å². The highest BCUT2D eigenvalue weighted by atomic mass is 35.5. The van der Waals surface area contributed by atoms with Crippen LogP contribution in [0.3, 0.4) is 0 Å². The first kappa shape index (κ1) is 32.1. The number of nitrogens with one attached hydrogen (secondary N) is 2. The molecule has 2 aliphatic heterocycles. The summed E-state index contributed by atoms with van der Waals surface area (Å²) in [7, 11) is 0. The lowest BCUT2D eigenvalue weighted by atomic mass is 9.95. The number of likely N-dealkylation sites (N-methyl/N-ethyl adjacent to an activating group) is 1. The van der Waals surface area contributed by atoms with Crippen LogP contribution in [0.2, 0.25) is 5.02 Å². The first-order chi connectivity index (χ1) is 21.4. The van der Waals surface area contributed by atoms with E-state index in [1.165, 1.54) is 11.6 Å². The van der Waals surface area contributed by atoms with Gasteiger partial charge >= 0.3 is 0 Å².